The Morgan fingerprint density at radius 2 is 2.38 bits per heavy atom. The van der Waals surface area contributed by atoms with E-state index in [1.54, 1.807) is 0 Å². The summed E-state index contributed by atoms with van der Waals surface area (Å²) in [5, 5.41) is 0. The lowest BCUT2D eigenvalue weighted by Crippen LogP contribution is -1.97. The zero-order valence-corrected chi connectivity index (χ0v) is 5.61. The van der Waals surface area contributed by atoms with Gasteiger partial charge in [-0.3, -0.25) is 4.21 Å². The second kappa shape index (κ2) is 2.15. The van der Waals surface area contributed by atoms with E-state index >= 15 is 0 Å². The van der Waals surface area contributed by atoms with Crippen molar-refractivity contribution in [2.75, 3.05) is 5.75 Å². The third-order valence-electron chi connectivity index (χ3n) is 1.63. The highest BCUT2D eigenvalue weighted by atomic mass is 32.2. The van der Waals surface area contributed by atoms with Crippen molar-refractivity contribution >= 4 is 11.1 Å². The molecule has 1 rings (SSSR count). The van der Waals surface area contributed by atoms with Gasteiger partial charge in [-0.2, -0.15) is 0 Å². The van der Waals surface area contributed by atoms with E-state index in [1.165, 1.54) is 0 Å². The van der Waals surface area contributed by atoms with Gasteiger partial charge in [0.15, 0.2) is 0 Å². The lowest BCUT2D eigenvalue weighted by Gasteiger charge is -2.00. The Bertz CT molecular complexity index is 113. The highest BCUT2D eigenvalue weighted by Crippen LogP contribution is 2.37. The topological polar surface area (TPSA) is 40.1 Å². The van der Waals surface area contributed by atoms with Gasteiger partial charge in [-0.15, -0.1) is 0 Å². The van der Waals surface area contributed by atoms with Crippen LogP contribution in [0.15, 0.2) is 0 Å². The van der Waals surface area contributed by atoms with Crippen LogP contribution in [0.3, 0.4) is 0 Å². The first-order valence-corrected chi connectivity index (χ1v) is 4.00. The molecule has 0 heterocycles. The van der Waals surface area contributed by atoms with E-state index in [9.17, 15) is 8.76 Å². The fourth-order valence-corrected chi connectivity index (χ4v) is 1.62. The molecule has 8 heavy (non-hydrogen) atoms. The molecule has 1 aliphatic carbocycles. The predicted octanol–water partition coefficient (Wildman–Crippen LogP) is 0.522. The van der Waals surface area contributed by atoms with Gasteiger partial charge in [0.1, 0.15) is 0 Å². The minimum atomic E-state index is -1.80. The Balaban J connectivity index is 2.14. The number of hydrogen-bond donors (Lipinski definition) is 0. The molecule has 1 saturated carbocycles. The van der Waals surface area contributed by atoms with Crippen molar-refractivity contribution in [2.24, 2.45) is 11.8 Å². The fourth-order valence-electron chi connectivity index (χ4n) is 0.806. The maximum absolute atomic E-state index is 10.00. The summed E-state index contributed by atoms with van der Waals surface area (Å²) in [6, 6.07) is 0. The summed E-state index contributed by atoms with van der Waals surface area (Å²) in [7, 11) is 0. The summed E-state index contributed by atoms with van der Waals surface area (Å²) in [5.41, 5.74) is 0. The predicted molar refractivity (Wildman–Crippen MR) is 31.1 cm³/mol. The van der Waals surface area contributed by atoms with Crippen molar-refractivity contribution in [1.82, 2.24) is 0 Å². The first-order chi connectivity index (χ1) is 3.70. The minimum Gasteiger partial charge on any atom is -0.772 e. The third-order valence-corrected chi connectivity index (χ3v) is 2.33. The summed E-state index contributed by atoms with van der Waals surface area (Å²) in [5.74, 6) is 1.52. The molecule has 48 valence electrons. The fraction of sp³-hybridized carbons (Fsp3) is 1.00. The molecule has 3 heteroatoms. The molecular formula is C5H9O2S-. The monoisotopic (exact) mass is 133 g/mol. The van der Waals surface area contributed by atoms with Crippen molar-refractivity contribution in [1.29, 1.82) is 0 Å². The maximum atomic E-state index is 10.00. The summed E-state index contributed by atoms with van der Waals surface area (Å²) in [4.78, 5) is 0. The van der Waals surface area contributed by atoms with Gasteiger partial charge in [-0.1, -0.05) is 18.0 Å². The smallest absolute Gasteiger partial charge is 0.0133 e. The zero-order valence-electron chi connectivity index (χ0n) is 4.79. The highest BCUT2D eigenvalue weighted by Gasteiger charge is 2.31. The van der Waals surface area contributed by atoms with E-state index in [-0.39, 0.29) is 0 Å². The second-order valence-electron chi connectivity index (χ2n) is 2.44. The molecule has 2 nitrogen and oxygen atoms in total. The van der Waals surface area contributed by atoms with Crippen LogP contribution in [-0.2, 0) is 11.1 Å². The van der Waals surface area contributed by atoms with Crippen molar-refractivity contribution in [3.63, 3.8) is 0 Å². The molecule has 0 radical (unpaired) electrons. The standard InChI is InChI=1S/C5H10O2S/c1-4-2-5(4)3-8(6)7/h4-5H,2-3H2,1H3,(H,6,7)/p-1. The van der Waals surface area contributed by atoms with Gasteiger partial charge < -0.3 is 4.55 Å². The Labute approximate surface area is 51.6 Å². The van der Waals surface area contributed by atoms with E-state index in [1.807, 2.05) is 0 Å². The van der Waals surface area contributed by atoms with Crippen molar-refractivity contribution in [3.8, 4) is 0 Å². The molecule has 0 aromatic carbocycles. The molecule has 1 aliphatic rings. The van der Waals surface area contributed by atoms with E-state index in [0.29, 0.717) is 17.6 Å². The van der Waals surface area contributed by atoms with E-state index in [2.05, 4.69) is 6.92 Å². The van der Waals surface area contributed by atoms with Crippen molar-refractivity contribution in [2.45, 2.75) is 13.3 Å². The summed E-state index contributed by atoms with van der Waals surface area (Å²) in [6.45, 7) is 2.08. The highest BCUT2D eigenvalue weighted by molar-refractivity contribution is 7.79. The van der Waals surface area contributed by atoms with Gasteiger partial charge in [-0.25, -0.2) is 0 Å². The molecule has 0 amide bonds. The van der Waals surface area contributed by atoms with Crippen LogP contribution in [0.25, 0.3) is 0 Å². The third kappa shape index (κ3) is 1.56. The average molecular weight is 133 g/mol. The van der Waals surface area contributed by atoms with E-state index in [0.717, 1.165) is 6.42 Å². The van der Waals surface area contributed by atoms with Crippen LogP contribution < -0.4 is 0 Å². The van der Waals surface area contributed by atoms with Gasteiger partial charge in [0.05, 0.1) is 0 Å². The first-order valence-electron chi connectivity index (χ1n) is 2.76. The number of hydrogen-bond acceptors (Lipinski definition) is 2. The van der Waals surface area contributed by atoms with Crippen LogP contribution in [0.5, 0.6) is 0 Å². The second-order valence-corrected chi connectivity index (χ2v) is 3.38. The molecule has 0 saturated heterocycles. The van der Waals surface area contributed by atoms with Gasteiger partial charge in [-0.05, 0) is 18.3 Å². The van der Waals surface area contributed by atoms with Crippen LogP contribution in [0.4, 0.5) is 0 Å². The lowest BCUT2D eigenvalue weighted by atomic mass is 10.4. The summed E-state index contributed by atoms with van der Waals surface area (Å²) < 4.78 is 20.0. The molecule has 0 aliphatic heterocycles. The van der Waals surface area contributed by atoms with Crippen LogP contribution >= 0.6 is 0 Å². The summed E-state index contributed by atoms with van der Waals surface area (Å²) >= 11 is -1.80. The van der Waals surface area contributed by atoms with Crippen LogP contribution in [0.2, 0.25) is 0 Å². The van der Waals surface area contributed by atoms with E-state index in [4.69, 9.17) is 0 Å². The van der Waals surface area contributed by atoms with Crippen LogP contribution in [0, 0.1) is 11.8 Å². The Morgan fingerprint density at radius 3 is 2.50 bits per heavy atom. The first kappa shape index (κ1) is 6.23. The molecular weight excluding hydrogens is 124 g/mol. The zero-order chi connectivity index (χ0) is 6.15. The van der Waals surface area contributed by atoms with Gasteiger partial charge in [0.25, 0.3) is 0 Å². The largest absolute Gasteiger partial charge is 0.772 e. The Kier molecular flexibility index (Phi) is 1.68. The molecule has 0 N–H and O–H groups in total. The molecule has 3 atom stereocenters. The molecule has 3 unspecified atom stereocenters. The Morgan fingerprint density at radius 1 is 1.88 bits per heavy atom. The lowest BCUT2D eigenvalue weighted by molar-refractivity contribution is 0.532. The van der Waals surface area contributed by atoms with Gasteiger partial charge in [0.2, 0.25) is 0 Å². The van der Waals surface area contributed by atoms with Crippen LogP contribution in [-0.4, -0.2) is 14.5 Å². The van der Waals surface area contributed by atoms with Crippen LogP contribution in [0.1, 0.15) is 13.3 Å². The van der Waals surface area contributed by atoms with Gasteiger partial charge in [0, 0.05) is 5.75 Å². The van der Waals surface area contributed by atoms with Crippen molar-refractivity contribution in [3.05, 3.63) is 0 Å². The van der Waals surface area contributed by atoms with Crippen molar-refractivity contribution < 1.29 is 8.76 Å². The maximum Gasteiger partial charge on any atom is 0.0133 e. The summed E-state index contributed by atoms with van der Waals surface area (Å²) in [6.07, 6.45) is 1.11. The molecule has 0 bridgehead atoms. The Hall–Kier alpha value is 0.110. The average Bonchev–Trinajstić information content (AvgIpc) is 2.17. The van der Waals surface area contributed by atoms with E-state index < -0.39 is 11.1 Å². The quantitative estimate of drug-likeness (QED) is 0.515. The molecule has 0 aromatic heterocycles. The minimum absolute atomic E-state index is 0.376. The normalized spacial score (nSPS) is 39.2. The molecule has 1 fully saturated rings. The SMILES string of the molecule is CC1CC1CS(=O)[O-]. The number of rotatable bonds is 2. The molecule has 0 aromatic rings. The molecule has 0 spiro atoms. The van der Waals surface area contributed by atoms with Gasteiger partial charge >= 0.3 is 0 Å².